The van der Waals surface area contributed by atoms with Crippen molar-refractivity contribution in [1.82, 2.24) is 34.3 Å². The van der Waals surface area contributed by atoms with Gasteiger partial charge in [-0.05, 0) is 248 Å². The first kappa shape index (κ1) is 70.7. The highest BCUT2D eigenvalue weighted by atomic mass is 15.3. The van der Waals surface area contributed by atoms with Crippen LogP contribution < -0.4 is 0 Å². The Morgan fingerprint density at radius 1 is 0.315 bits per heavy atom. The third-order valence-corrected chi connectivity index (χ3v) is 20.6. The minimum absolute atomic E-state index is 0.294. The van der Waals surface area contributed by atoms with E-state index in [2.05, 4.69) is 242 Å². The normalized spacial score (nSPS) is 24.6. The van der Waals surface area contributed by atoms with E-state index in [0.717, 1.165) is 53.6 Å². The highest BCUT2D eigenvalue weighted by Gasteiger charge is 2.44. The molecule has 2 atom stereocenters. The standard InChI is InChI=1S/C15H31N.C14H29N.C13H28N2.C13H27N.C11H24N2/c1-12(2)15(13(3)4)8-7-10-16(11-9-15)14(5)6;1-11(2)14(12(3)4)7-9-15(10-8-14)13(5)6;1-10(2)14-8-11(3)15(12(4)9-14)13(5,6)7;1-10(2)13(11(3)4)7-8-14(9-13)12(5)6;1-10(2)12-6-8-13(9-7-12)11(3,4)5/h12-14H,7-11H2,1-6H3;11-13H,7-10H2,1-6H3;10-12H,8-9H2,1-7H3;10-12H,7-9H2,1-6H3;10H,6-9H2,1-5H3. The van der Waals surface area contributed by atoms with Crippen LogP contribution in [0.3, 0.4) is 0 Å². The monoisotopic (exact) mass is 1030 g/mol. The number of nitrogens with zero attached hydrogens (tertiary/aromatic N) is 7. The summed E-state index contributed by atoms with van der Waals surface area (Å²) in [7, 11) is 0. The van der Waals surface area contributed by atoms with E-state index in [9.17, 15) is 0 Å². The molecule has 5 aliphatic heterocycles. The van der Waals surface area contributed by atoms with Crippen molar-refractivity contribution in [3.63, 3.8) is 0 Å². The molecule has 5 heterocycles. The summed E-state index contributed by atoms with van der Waals surface area (Å²) in [6.07, 6.45) is 8.36. The summed E-state index contributed by atoms with van der Waals surface area (Å²) in [5, 5.41) is 0. The van der Waals surface area contributed by atoms with E-state index < -0.39 is 0 Å². The minimum Gasteiger partial charge on any atom is -0.301 e. The fourth-order valence-electron chi connectivity index (χ4n) is 14.8. The third kappa shape index (κ3) is 20.7. The van der Waals surface area contributed by atoms with Gasteiger partial charge in [0.25, 0.3) is 0 Å². The zero-order valence-electron chi connectivity index (χ0n) is 55.9. The van der Waals surface area contributed by atoms with Gasteiger partial charge >= 0.3 is 0 Å². The number of hydrogen-bond donors (Lipinski definition) is 0. The Balaban J connectivity index is 0.000000457. The predicted octanol–water partition coefficient (Wildman–Crippen LogP) is 15.8. The number of hydrogen-bond acceptors (Lipinski definition) is 7. The first-order valence-electron chi connectivity index (χ1n) is 31.6. The van der Waals surface area contributed by atoms with Gasteiger partial charge in [0.1, 0.15) is 0 Å². The van der Waals surface area contributed by atoms with Crippen molar-refractivity contribution in [2.75, 3.05) is 78.5 Å². The Labute approximate surface area is 462 Å². The predicted molar refractivity (Wildman–Crippen MR) is 329 cm³/mol. The molecule has 0 radical (unpaired) electrons. The summed E-state index contributed by atoms with van der Waals surface area (Å²) < 4.78 is 0. The Kier molecular flexibility index (Phi) is 30.0. The second kappa shape index (κ2) is 30.9. The molecule has 0 N–H and O–H groups in total. The molecule has 0 aromatic rings. The smallest absolute Gasteiger partial charge is 0.0203 e. The van der Waals surface area contributed by atoms with Gasteiger partial charge in [0.2, 0.25) is 0 Å². The maximum Gasteiger partial charge on any atom is 0.0203 e. The number of piperidine rings is 1. The van der Waals surface area contributed by atoms with Crippen molar-refractivity contribution in [1.29, 1.82) is 0 Å². The molecular weight excluding hydrogens is 891 g/mol. The first-order valence-corrected chi connectivity index (χ1v) is 31.6. The summed E-state index contributed by atoms with van der Waals surface area (Å²) in [6.45, 7) is 85.7. The first-order chi connectivity index (χ1) is 33.3. The molecule has 73 heavy (non-hydrogen) atoms. The molecule has 5 aliphatic rings. The number of piperazine rings is 2. The fraction of sp³-hybridized carbons (Fsp3) is 1.00. The van der Waals surface area contributed by atoms with Gasteiger partial charge in [-0.1, -0.05) is 83.1 Å². The maximum absolute atomic E-state index is 2.66. The third-order valence-electron chi connectivity index (χ3n) is 20.6. The van der Waals surface area contributed by atoms with Crippen LogP contribution in [0.5, 0.6) is 0 Å². The van der Waals surface area contributed by atoms with Gasteiger partial charge in [-0.15, -0.1) is 0 Å². The molecule has 438 valence electrons. The summed E-state index contributed by atoms with van der Waals surface area (Å²) >= 11 is 0. The van der Waals surface area contributed by atoms with E-state index in [1.165, 1.54) is 117 Å². The van der Waals surface area contributed by atoms with Gasteiger partial charge in [0.05, 0.1) is 0 Å². The average Bonchev–Trinajstić information content (AvgIpc) is 3.62. The minimum atomic E-state index is 0.294. The molecule has 5 saturated heterocycles. The molecule has 0 spiro atoms. The van der Waals surface area contributed by atoms with E-state index in [-0.39, 0.29) is 0 Å². The molecule has 0 aliphatic carbocycles. The van der Waals surface area contributed by atoms with E-state index >= 15 is 0 Å². The molecule has 0 aromatic carbocycles. The quantitative estimate of drug-likeness (QED) is 0.203. The number of likely N-dealkylation sites (tertiary alicyclic amines) is 3. The summed E-state index contributed by atoms with van der Waals surface area (Å²) in [5.74, 6) is 4.91. The Hall–Kier alpha value is -0.280. The maximum atomic E-state index is 2.66. The van der Waals surface area contributed by atoms with Crippen LogP contribution in [0.4, 0.5) is 0 Å². The van der Waals surface area contributed by atoms with Gasteiger partial charge in [-0.25, -0.2) is 0 Å². The molecule has 0 saturated carbocycles. The average molecular weight is 1030 g/mol. The van der Waals surface area contributed by atoms with Crippen LogP contribution in [0.1, 0.15) is 246 Å². The summed E-state index contributed by atoms with van der Waals surface area (Å²) in [6, 6.07) is 4.87. The van der Waals surface area contributed by atoms with Crippen LogP contribution in [-0.4, -0.2) is 166 Å². The molecule has 7 heteroatoms. The van der Waals surface area contributed by atoms with Crippen molar-refractivity contribution in [2.24, 2.45) is 51.8 Å². The van der Waals surface area contributed by atoms with Crippen LogP contribution in [0.2, 0.25) is 0 Å². The lowest BCUT2D eigenvalue weighted by Gasteiger charge is -2.51. The van der Waals surface area contributed by atoms with Gasteiger partial charge < -0.3 is 14.7 Å². The second-order valence-corrected chi connectivity index (χ2v) is 30.2. The van der Waals surface area contributed by atoms with Crippen LogP contribution in [0, 0.1) is 51.8 Å². The van der Waals surface area contributed by atoms with E-state index in [1.54, 1.807) is 0 Å². The van der Waals surface area contributed by atoms with Crippen LogP contribution in [0.15, 0.2) is 0 Å². The Morgan fingerprint density at radius 3 is 0.877 bits per heavy atom. The zero-order chi connectivity index (χ0) is 56.8. The van der Waals surface area contributed by atoms with E-state index in [4.69, 9.17) is 0 Å². The van der Waals surface area contributed by atoms with Crippen molar-refractivity contribution >= 4 is 0 Å². The van der Waals surface area contributed by atoms with Crippen LogP contribution in [0.25, 0.3) is 0 Å². The van der Waals surface area contributed by atoms with Crippen LogP contribution >= 0.6 is 0 Å². The molecule has 0 amide bonds. The molecule has 5 fully saturated rings. The summed E-state index contributed by atoms with van der Waals surface area (Å²) in [5.41, 5.74) is 2.41. The molecule has 0 aromatic heterocycles. The van der Waals surface area contributed by atoms with Gasteiger partial charge in [0, 0.05) is 99.2 Å². The lowest BCUT2D eigenvalue weighted by atomic mass is 9.63. The van der Waals surface area contributed by atoms with Crippen molar-refractivity contribution in [3.8, 4) is 0 Å². The van der Waals surface area contributed by atoms with Crippen LogP contribution in [-0.2, 0) is 0 Å². The van der Waals surface area contributed by atoms with Gasteiger partial charge in [-0.3, -0.25) is 19.6 Å². The van der Waals surface area contributed by atoms with Gasteiger partial charge in [0.15, 0.2) is 0 Å². The second-order valence-electron chi connectivity index (χ2n) is 30.2. The Bertz CT molecular complexity index is 1390. The SMILES string of the molecule is CC(C)N1CC(C)N(C(C)(C)C)C(C)C1.CC(C)N1CCC(C(C)C)(C(C)C)C1.CC(C)N1CCC(C(C)C)(C(C)C)CC1.CC(C)N1CCCC(C(C)C)(C(C)C)CC1.CC(C)N1CCN(C(C)(C)C)CC1. The Morgan fingerprint density at radius 2 is 0.603 bits per heavy atom. The highest BCUT2D eigenvalue weighted by molar-refractivity contribution is 4.96. The zero-order valence-corrected chi connectivity index (χ0v) is 55.9. The highest BCUT2D eigenvalue weighted by Crippen LogP contribution is 2.47. The number of rotatable bonds is 11. The summed E-state index contributed by atoms with van der Waals surface area (Å²) in [4.78, 5) is 18.3. The fourth-order valence-corrected chi connectivity index (χ4v) is 14.8. The molecular formula is C66H139N7. The van der Waals surface area contributed by atoms with E-state index in [0.29, 0.717) is 51.5 Å². The van der Waals surface area contributed by atoms with Crippen molar-refractivity contribution < 1.29 is 0 Å². The molecule has 2 unspecified atom stereocenters. The van der Waals surface area contributed by atoms with Gasteiger partial charge in [-0.2, -0.15) is 0 Å². The molecule has 0 bridgehead atoms. The topological polar surface area (TPSA) is 22.7 Å². The largest absolute Gasteiger partial charge is 0.301 e. The van der Waals surface area contributed by atoms with Crippen molar-refractivity contribution in [2.45, 2.75) is 300 Å². The van der Waals surface area contributed by atoms with E-state index in [1.807, 2.05) is 0 Å². The molecule has 5 rings (SSSR count). The van der Waals surface area contributed by atoms with Crippen molar-refractivity contribution in [3.05, 3.63) is 0 Å². The lowest BCUT2D eigenvalue weighted by molar-refractivity contribution is -0.0316. The molecule has 7 nitrogen and oxygen atoms in total. The lowest BCUT2D eigenvalue weighted by Crippen LogP contribution is -2.63.